The highest BCUT2D eigenvalue weighted by atomic mass is 14.0. The Morgan fingerprint density at radius 2 is 2.10 bits per heavy atom. The third kappa shape index (κ3) is 5.69. The minimum atomic E-state index is 0.749. The fourth-order valence-electron chi connectivity index (χ4n) is 0.930. The van der Waals surface area contributed by atoms with Gasteiger partial charge in [-0.15, -0.1) is 11.8 Å². The number of hydrogen-bond acceptors (Lipinski definition) is 0. The van der Waals surface area contributed by atoms with Gasteiger partial charge in [0.25, 0.3) is 0 Å². The van der Waals surface area contributed by atoms with Gasteiger partial charge in [0.05, 0.1) is 0 Å². The summed E-state index contributed by atoms with van der Waals surface area (Å²) in [5.74, 6) is 6.85. The molecule has 1 unspecified atom stereocenters. The molecule has 1 atom stereocenters. The fourth-order valence-corrected chi connectivity index (χ4v) is 0.930. The van der Waals surface area contributed by atoms with Crippen molar-refractivity contribution >= 4 is 0 Å². The number of hydrogen-bond donors (Lipinski definition) is 0. The summed E-state index contributed by atoms with van der Waals surface area (Å²) in [4.78, 5) is 0. The summed E-state index contributed by atoms with van der Waals surface area (Å²) in [5, 5.41) is 0. The highest BCUT2D eigenvalue weighted by Crippen LogP contribution is 2.07. The van der Waals surface area contributed by atoms with E-state index in [1.165, 1.54) is 12.8 Å². The molecule has 0 rings (SSSR count). The lowest BCUT2D eigenvalue weighted by atomic mass is 10.0. The molecule has 0 aromatic rings. The molecule has 0 saturated heterocycles. The lowest BCUT2D eigenvalue weighted by molar-refractivity contribution is 0.539. The lowest BCUT2D eigenvalue weighted by Gasteiger charge is -2.02. The van der Waals surface area contributed by atoms with Gasteiger partial charge in [0, 0.05) is 12.8 Å². The molecule has 0 heterocycles. The fraction of sp³-hybridized carbons (Fsp3) is 0.700. The van der Waals surface area contributed by atoms with E-state index in [2.05, 4.69) is 32.6 Å². The van der Waals surface area contributed by atoms with Crippen molar-refractivity contribution < 1.29 is 0 Å². The van der Waals surface area contributed by atoms with Crippen molar-refractivity contribution in [1.82, 2.24) is 0 Å². The van der Waals surface area contributed by atoms with Crippen molar-refractivity contribution in [2.24, 2.45) is 5.92 Å². The van der Waals surface area contributed by atoms with Gasteiger partial charge in [-0.3, -0.25) is 0 Å². The van der Waals surface area contributed by atoms with Crippen LogP contribution in [0.3, 0.4) is 0 Å². The second kappa shape index (κ2) is 6.68. The van der Waals surface area contributed by atoms with Gasteiger partial charge in [0.15, 0.2) is 0 Å². The maximum Gasteiger partial charge on any atom is 0.0114 e. The van der Waals surface area contributed by atoms with E-state index in [9.17, 15) is 0 Å². The van der Waals surface area contributed by atoms with Crippen LogP contribution in [0.5, 0.6) is 0 Å². The third-order valence-electron chi connectivity index (χ3n) is 1.48. The summed E-state index contributed by atoms with van der Waals surface area (Å²) in [6.07, 6.45) is 4.36. The van der Waals surface area contributed by atoms with Crippen molar-refractivity contribution in [2.75, 3.05) is 0 Å². The Hall–Kier alpha value is -0.440. The van der Waals surface area contributed by atoms with Crippen molar-refractivity contribution in [1.29, 1.82) is 0 Å². The molecule has 0 aliphatic carbocycles. The second-order valence-corrected chi connectivity index (χ2v) is 2.70. The van der Waals surface area contributed by atoms with Crippen LogP contribution in [-0.4, -0.2) is 0 Å². The molecule has 57 valence electrons. The van der Waals surface area contributed by atoms with Crippen LogP contribution in [0, 0.1) is 24.7 Å². The van der Waals surface area contributed by atoms with Crippen molar-refractivity contribution in [3.63, 3.8) is 0 Å². The SMILES string of the molecule is [CH2]CC#CCC(C)CCC. The Labute approximate surface area is 65.0 Å². The van der Waals surface area contributed by atoms with Gasteiger partial charge >= 0.3 is 0 Å². The first-order chi connectivity index (χ1) is 4.81. The topological polar surface area (TPSA) is 0 Å². The first-order valence-electron chi connectivity index (χ1n) is 4.06. The Kier molecular flexibility index (Phi) is 6.38. The van der Waals surface area contributed by atoms with Gasteiger partial charge in [0.1, 0.15) is 0 Å². The molecule has 0 nitrogen and oxygen atoms in total. The first-order valence-corrected chi connectivity index (χ1v) is 4.06. The molecule has 10 heavy (non-hydrogen) atoms. The van der Waals surface area contributed by atoms with E-state index in [0.717, 1.165) is 18.8 Å². The zero-order chi connectivity index (χ0) is 7.82. The van der Waals surface area contributed by atoms with E-state index in [-0.39, 0.29) is 0 Å². The molecular weight excluding hydrogens is 120 g/mol. The Bertz CT molecular complexity index is 114. The van der Waals surface area contributed by atoms with Gasteiger partial charge in [-0.25, -0.2) is 0 Å². The lowest BCUT2D eigenvalue weighted by Crippen LogP contribution is -1.90. The Morgan fingerprint density at radius 3 is 2.60 bits per heavy atom. The van der Waals surface area contributed by atoms with Crippen LogP contribution in [0.15, 0.2) is 0 Å². The van der Waals surface area contributed by atoms with Gasteiger partial charge in [-0.1, -0.05) is 26.7 Å². The summed E-state index contributed by atoms with van der Waals surface area (Å²) in [5.41, 5.74) is 0. The summed E-state index contributed by atoms with van der Waals surface area (Å²) in [6, 6.07) is 0. The predicted octanol–water partition coefficient (Wildman–Crippen LogP) is 3.04. The standard InChI is InChI=1S/C10H17/c1-4-6-7-9-10(3)8-5-2/h10H,1,4-5,8-9H2,2-3H3. The molecule has 0 amide bonds. The zero-order valence-corrected chi connectivity index (χ0v) is 7.11. The molecule has 0 bridgehead atoms. The minimum Gasteiger partial charge on any atom is -0.103 e. The summed E-state index contributed by atoms with van der Waals surface area (Å²) >= 11 is 0. The van der Waals surface area contributed by atoms with E-state index in [4.69, 9.17) is 0 Å². The molecule has 0 fully saturated rings. The smallest absolute Gasteiger partial charge is 0.0114 e. The van der Waals surface area contributed by atoms with Crippen LogP contribution >= 0.6 is 0 Å². The van der Waals surface area contributed by atoms with Crippen LogP contribution in [-0.2, 0) is 0 Å². The zero-order valence-electron chi connectivity index (χ0n) is 7.11. The second-order valence-electron chi connectivity index (χ2n) is 2.70. The van der Waals surface area contributed by atoms with E-state index in [1.807, 2.05) is 0 Å². The van der Waals surface area contributed by atoms with Gasteiger partial charge < -0.3 is 0 Å². The van der Waals surface area contributed by atoms with Gasteiger partial charge in [0.2, 0.25) is 0 Å². The monoisotopic (exact) mass is 137 g/mol. The molecule has 0 aromatic carbocycles. The molecule has 0 aromatic heterocycles. The van der Waals surface area contributed by atoms with Crippen LogP contribution in [0.2, 0.25) is 0 Å². The third-order valence-corrected chi connectivity index (χ3v) is 1.48. The Balaban J connectivity index is 3.29. The van der Waals surface area contributed by atoms with Crippen LogP contribution in [0.1, 0.15) is 39.5 Å². The average molecular weight is 137 g/mol. The minimum absolute atomic E-state index is 0.749. The summed E-state index contributed by atoms with van der Waals surface area (Å²) in [6.45, 7) is 8.12. The normalized spacial score (nSPS) is 11.9. The molecule has 0 saturated carbocycles. The predicted molar refractivity (Wildman–Crippen MR) is 46.4 cm³/mol. The van der Waals surface area contributed by atoms with E-state index < -0.39 is 0 Å². The maximum absolute atomic E-state index is 3.65. The highest BCUT2D eigenvalue weighted by Gasteiger charge is 1.95. The Morgan fingerprint density at radius 1 is 1.40 bits per heavy atom. The largest absolute Gasteiger partial charge is 0.103 e. The molecule has 1 radical (unpaired) electrons. The molecule has 0 aliphatic heterocycles. The molecule has 0 N–H and O–H groups in total. The summed E-state index contributed by atoms with van der Waals surface area (Å²) < 4.78 is 0. The molecule has 0 aliphatic rings. The van der Waals surface area contributed by atoms with Crippen molar-refractivity contribution in [3.05, 3.63) is 6.92 Å². The van der Waals surface area contributed by atoms with Crippen LogP contribution < -0.4 is 0 Å². The van der Waals surface area contributed by atoms with E-state index >= 15 is 0 Å². The average Bonchev–Trinajstić information content (AvgIpc) is 1.89. The quantitative estimate of drug-likeness (QED) is 0.524. The maximum atomic E-state index is 3.65. The summed E-state index contributed by atoms with van der Waals surface area (Å²) in [7, 11) is 0. The number of rotatable bonds is 3. The van der Waals surface area contributed by atoms with E-state index in [0.29, 0.717) is 0 Å². The highest BCUT2D eigenvalue weighted by molar-refractivity contribution is 4.99. The van der Waals surface area contributed by atoms with Gasteiger partial charge in [-0.2, -0.15) is 0 Å². The van der Waals surface area contributed by atoms with Crippen LogP contribution in [0.4, 0.5) is 0 Å². The van der Waals surface area contributed by atoms with E-state index in [1.54, 1.807) is 0 Å². The van der Waals surface area contributed by atoms with Gasteiger partial charge in [-0.05, 0) is 12.8 Å². The molecule has 0 spiro atoms. The van der Waals surface area contributed by atoms with Crippen LogP contribution in [0.25, 0.3) is 0 Å². The van der Waals surface area contributed by atoms with Crippen molar-refractivity contribution in [3.8, 4) is 11.8 Å². The van der Waals surface area contributed by atoms with Crippen molar-refractivity contribution in [2.45, 2.75) is 39.5 Å². The molecule has 0 heteroatoms. The first kappa shape index (κ1) is 9.56. The molecular formula is C10H17.